The molecule has 5 heteroatoms. The molecule has 0 N–H and O–H groups in total. The molecule has 5 nitrogen and oxygen atoms in total. The molecule has 2 bridgehead atoms. The summed E-state index contributed by atoms with van der Waals surface area (Å²) in [5, 5.41) is 0. The molecule has 2 aliphatic rings. The predicted octanol–water partition coefficient (Wildman–Crippen LogP) is 1.75. The highest BCUT2D eigenvalue weighted by atomic mass is 16.8. The highest BCUT2D eigenvalue weighted by Gasteiger charge is 2.52. The first-order valence-corrected chi connectivity index (χ1v) is 7.40. The van der Waals surface area contributed by atoms with Crippen molar-refractivity contribution in [1.82, 2.24) is 0 Å². The second kappa shape index (κ2) is 6.85. The molecule has 2 fully saturated rings. The maximum atomic E-state index is 6.09. The molecule has 116 valence electrons. The lowest BCUT2D eigenvalue weighted by Gasteiger charge is -2.39. The Morgan fingerprint density at radius 2 is 1.90 bits per heavy atom. The van der Waals surface area contributed by atoms with Crippen molar-refractivity contribution in [1.29, 1.82) is 0 Å². The average molecular weight is 294 g/mol. The molecule has 1 aromatic carbocycles. The van der Waals surface area contributed by atoms with Gasteiger partial charge in [0.05, 0.1) is 13.2 Å². The fourth-order valence-electron chi connectivity index (χ4n) is 2.93. The molecule has 3 rings (SSSR count). The largest absolute Gasteiger partial charge is 0.373 e. The highest BCUT2D eigenvalue weighted by Crippen LogP contribution is 2.33. The van der Waals surface area contributed by atoms with Crippen molar-refractivity contribution in [2.24, 2.45) is 0 Å². The summed E-state index contributed by atoms with van der Waals surface area (Å²) in [6.45, 7) is 3.62. The monoisotopic (exact) mass is 294 g/mol. The zero-order chi connectivity index (χ0) is 14.7. The normalized spacial score (nSPS) is 35.0. The fourth-order valence-corrected chi connectivity index (χ4v) is 2.93. The molecule has 0 unspecified atom stereocenters. The van der Waals surface area contributed by atoms with Gasteiger partial charge in [0.25, 0.3) is 0 Å². The number of ether oxygens (including phenoxy) is 5. The van der Waals surface area contributed by atoms with E-state index in [9.17, 15) is 0 Å². The van der Waals surface area contributed by atoms with E-state index in [-0.39, 0.29) is 30.7 Å². The van der Waals surface area contributed by atoms with E-state index < -0.39 is 0 Å². The van der Waals surface area contributed by atoms with E-state index in [2.05, 4.69) is 0 Å². The van der Waals surface area contributed by atoms with Gasteiger partial charge >= 0.3 is 0 Å². The lowest BCUT2D eigenvalue weighted by Crippen LogP contribution is -2.56. The van der Waals surface area contributed by atoms with E-state index in [1.165, 1.54) is 0 Å². The van der Waals surface area contributed by atoms with Crippen molar-refractivity contribution < 1.29 is 23.7 Å². The third-order valence-electron chi connectivity index (χ3n) is 3.93. The third kappa shape index (κ3) is 3.12. The first-order valence-electron chi connectivity index (χ1n) is 7.40. The van der Waals surface area contributed by atoms with Gasteiger partial charge in [-0.1, -0.05) is 30.3 Å². The van der Waals surface area contributed by atoms with E-state index in [0.717, 1.165) is 5.56 Å². The zero-order valence-corrected chi connectivity index (χ0v) is 12.4. The van der Waals surface area contributed by atoms with Crippen LogP contribution in [0.25, 0.3) is 0 Å². The molecular weight excluding hydrogens is 272 g/mol. The molecule has 5 atom stereocenters. The topological polar surface area (TPSA) is 46.2 Å². The number of benzene rings is 1. The van der Waals surface area contributed by atoms with Crippen molar-refractivity contribution in [2.75, 3.05) is 20.3 Å². The Balaban J connectivity index is 1.70. The summed E-state index contributed by atoms with van der Waals surface area (Å²) in [7, 11) is 1.65. The van der Waals surface area contributed by atoms with Gasteiger partial charge in [-0.2, -0.15) is 0 Å². The van der Waals surface area contributed by atoms with Gasteiger partial charge in [0.1, 0.15) is 24.4 Å². The van der Waals surface area contributed by atoms with Crippen molar-refractivity contribution in [3.8, 4) is 0 Å². The third-order valence-corrected chi connectivity index (χ3v) is 3.93. The highest BCUT2D eigenvalue weighted by molar-refractivity contribution is 5.13. The van der Waals surface area contributed by atoms with Gasteiger partial charge in [-0.15, -0.1) is 0 Å². The number of rotatable bonds is 6. The van der Waals surface area contributed by atoms with Gasteiger partial charge in [-0.25, -0.2) is 0 Å². The second-order valence-corrected chi connectivity index (χ2v) is 5.26. The minimum atomic E-state index is -0.354. The minimum absolute atomic E-state index is 0.0957. The van der Waals surface area contributed by atoms with Crippen LogP contribution in [0.15, 0.2) is 30.3 Å². The van der Waals surface area contributed by atoms with Crippen LogP contribution in [0.1, 0.15) is 12.5 Å². The van der Waals surface area contributed by atoms with Crippen molar-refractivity contribution in [3.63, 3.8) is 0 Å². The Hall–Kier alpha value is -0.980. The van der Waals surface area contributed by atoms with Crippen molar-refractivity contribution >= 4 is 0 Å². The Bertz CT molecular complexity index is 438. The molecule has 0 spiro atoms. The first kappa shape index (κ1) is 14.9. The van der Waals surface area contributed by atoms with Gasteiger partial charge in [0.2, 0.25) is 0 Å². The fraction of sp³-hybridized carbons (Fsp3) is 0.625. The molecule has 0 aliphatic carbocycles. The van der Waals surface area contributed by atoms with E-state index in [1.54, 1.807) is 7.11 Å². The van der Waals surface area contributed by atoms with Gasteiger partial charge in [0.15, 0.2) is 6.29 Å². The molecule has 21 heavy (non-hydrogen) atoms. The van der Waals surface area contributed by atoms with E-state index in [4.69, 9.17) is 23.7 Å². The molecule has 0 saturated carbocycles. The van der Waals surface area contributed by atoms with Crippen LogP contribution in [-0.2, 0) is 30.3 Å². The SMILES string of the molecule is CCO[C@H]1[C@@H](OC)[C@@H]2OC[C@@H](O2)[C@H]1OCc1ccccc1. The quantitative estimate of drug-likeness (QED) is 0.800. The molecular formula is C16H22O5. The molecule has 2 aliphatic heterocycles. The van der Waals surface area contributed by atoms with Crippen LogP contribution < -0.4 is 0 Å². The molecule has 2 heterocycles. The van der Waals surface area contributed by atoms with Crippen LogP contribution in [0.3, 0.4) is 0 Å². The first-order chi connectivity index (χ1) is 10.3. The number of hydrogen-bond acceptors (Lipinski definition) is 5. The molecule has 2 saturated heterocycles. The maximum Gasteiger partial charge on any atom is 0.187 e. The van der Waals surface area contributed by atoms with Crippen LogP contribution in [0.5, 0.6) is 0 Å². The van der Waals surface area contributed by atoms with E-state index in [1.807, 2.05) is 37.3 Å². The number of fused-ring (bicyclic) bond motifs is 2. The Labute approximate surface area is 125 Å². The van der Waals surface area contributed by atoms with Crippen LogP contribution in [-0.4, -0.2) is 51.0 Å². The van der Waals surface area contributed by atoms with Crippen LogP contribution in [0.4, 0.5) is 0 Å². The molecule has 0 aromatic heterocycles. The molecule has 1 aromatic rings. The van der Waals surface area contributed by atoms with Crippen molar-refractivity contribution in [3.05, 3.63) is 35.9 Å². The summed E-state index contributed by atoms with van der Waals surface area (Å²) in [4.78, 5) is 0. The molecule has 0 radical (unpaired) electrons. The van der Waals surface area contributed by atoms with Crippen LogP contribution in [0.2, 0.25) is 0 Å². The summed E-state index contributed by atoms with van der Waals surface area (Å²) in [5.41, 5.74) is 1.13. The van der Waals surface area contributed by atoms with E-state index in [0.29, 0.717) is 19.8 Å². The maximum absolute atomic E-state index is 6.09. The number of hydrogen-bond donors (Lipinski definition) is 0. The van der Waals surface area contributed by atoms with Gasteiger partial charge in [-0.3, -0.25) is 0 Å². The van der Waals surface area contributed by atoms with Gasteiger partial charge < -0.3 is 23.7 Å². The Morgan fingerprint density at radius 1 is 1.10 bits per heavy atom. The lowest BCUT2D eigenvalue weighted by atomic mass is 10.00. The summed E-state index contributed by atoms with van der Waals surface area (Å²) >= 11 is 0. The van der Waals surface area contributed by atoms with Crippen LogP contribution in [0, 0.1) is 0 Å². The Kier molecular flexibility index (Phi) is 4.87. The summed E-state index contributed by atoms with van der Waals surface area (Å²) in [6.07, 6.45) is -1.07. The van der Waals surface area contributed by atoms with Crippen molar-refractivity contribution in [2.45, 2.75) is 44.2 Å². The predicted molar refractivity (Wildman–Crippen MR) is 75.8 cm³/mol. The van der Waals surface area contributed by atoms with Gasteiger partial charge in [-0.05, 0) is 12.5 Å². The van der Waals surface area contributed by atoms with Gasteiger partial charge in [0, 0.05) is 13.7 Å². The van der Waals surface area contributed by atoms with E-state index >= 15 is 0 Å². The zero-order valence-electron chi connectivity index (χ0n) is 12.4. The minimum Gasteiger partial charge on any atom is -0.373 e. The smallest absolute Gasteiger partial charge is 0.187 e. The summed E-state index contributed by atoms with van der Waals surface area (Å²) in [5.74, 6) is 0. The summed E-state index contributed by atoms with van der Waals surface area (Å²) in [6, 6.07) is 10.1. The molecule has 0 amide bonds. The lowest BCUT2D eigenvalue weighted by molar-refractivity contribution is -0.257. The number of methoxy groups -OCH3 is 1. The Morgan fingerprint density at radius 3 is 2.62 bits per heavy atom. The van der Waals surface area contributed by atoms with Crippen LogP contribution >= 0.6 is 0 Å². The average Bonchev–Trinajstić information content (AvgIpc) is 2.94. The second-order valence-electron chi connectivity index (χ2n) is 5.26. The summed E-state index contributed by atoms with van der Waals surface area (Å²) < 4.78 is 28.9. The standard InChI is InChI=1S/C16H22O5/c1-3-18-14-13(19-9-11-7-5-4-6-8-11)12-10-20-16(21-12)15(14)17-2/h4-8,12-16H,3,9-10H2,1-2H3/t12-,13-,14-,15-,16-/m1/s1.